The summed E-state index contributed by atoms with van der Waals surface area (Å²) in [4.78, 5) is 11.0. The maximum atomic E-state index is 6.13. The summed E-state index contributed by atoms with van der Waals surface area (Å²) in [5.41, 5.74) is 1.86. The minimum atomic E-state index is 0.689. The molecule has 3 aromatic rings. The van der Waals surface area contributed by atoms with Crippen LogP contribution in [-0.4, -0.2) is 36.1 Å². The van der Waals surface area contributed by atoms with Gasteiger partial charge in [0.05, 0.1) is 31.7 Å². The van der Waals surface area contributed by atoms with Crippen molar-refractivity contribution in [2.24, 2.45) is 0 Å². The van der Waals surface area contributed by atoms with Gasteiger partial charge in [-0.25, -0.2) is 9.97 Å². The smallest absolute Gasteiger partial charge is 0.162 e. The molecular formula is C20H24ClN4+. The summed E-state index contributed by atoms with van der Waals surface area (Å²) in [6.45, 7) is 8.66. The molecule has 0 aliphatic carbocycles. The van der Waals surface area contributed by atoms with Crippen LogP contribution in [0.4, 0.5) is 5.82 Å². The molecule has 4 nitrogen and oxygen atoms in total. The normalized spacial score (nSPS) is 11.2. The molecule has 2 N–H and O–H groups in total. The second-order valence-corrected chi connectivity index (χ2v) is 6.49. The molecular weight excluding hydrogens is 332 g/mol. The van der Waals surface area contributed by atoms with Gasteiger partial charge in [0.2, 0.25) is 0 Å². The van der Waals surface area contributed by atoms with Gasteiger partial charge in [-0.1, -0.05) is 35.9 Å². The number of halogens is 1. The first-order valence-electron chi connectivity index (χ1n) is 8.81. The molecule has 5 heteroatoms. The van der Waals surface area contributed by atoms with E-state index in [1.807, 2.05) is 42.5 Å². The SMILES string of the molecule is CC[NH+](CC)CCNc1nc(-c2cccc(Cl)c2)nc2ccccc12. The van der Waals surface area contributed by atoms with Crippen molar-refractivity contribution in [2.45, 2.75) is 13.8 Å². The fourth-order valence-electron chi connectivity index (χ4n) is 2.93. The second kappa shape index (κ2) is 8.28. The van der Waals surface area contributed by atoms with E-state index in [0.717, 1.165) is 48.5 Å². The van der Waals surface area contributed by atoms with E-state index in [-0.39, 0.29) is 0 Å². The van der Waals surface area contributed by atoms with Gasteiger partial charge in [-0.05, 0) is 38.1 Å². The van der Waals surface area contributed by atoms with Crippen molar-refractivity contribution in [3.05, 3.63) is 53.6 Å². The number of likely N-dealkylation sites (N-methyl/N-ethyl adjacent to an activating group) is 1. The molecule has 1 aromatic heterocycles. The summed E-state index contributed by atoms with van der Waals surface area (Å²) in [6, 6.07) is 15.8. The molecule has 0 saturated carbocycles. The Labute approximate surface area is 153 Å². The maximum Gasteiger partial charge on any atom is 0.162 e. The van der Waals surface area contributed by atoms with Crippen LogP contribution in [0, 0.1) is 0 Å². The summed E-state index contributed by atoms with van der Waals surface area (Å²) in [7, 11) is 0. The number of rotatable bonds is 7. The third-order valence-corrected chi connectivity index (χ3v) is 4.69. The fraction of sp³-hybridized carbons (Fsp3) is 0.300. The number of para-hydroxylation sites is 1. The molecule has 0 bridgehead atoms. The lowest BCUT2D eigenvalue weighted by Crippen LogP contribution is -3.12. The van der Waals surface area contributed by atoms with Gasteiger partial charge in [-0.3, -0.25) is 0 Å². The second-order valence-electron chi connectivity index (χ2n) is 6.06. The van der Waals surface area contributed by atoms with Crippen LogP contribution in [0.1, 0.15) is 13.8 Å². The van der Waals surface area contributed by atoms with Crippen molar-refractivity contribution in [2.75, 3.05) is 31.5 Å². The van der Waals surface area contributed by atoms with E-state index in [0.29, 0.717) is 10.8 Å². The molecule has 2 aromatic carbocycles. The van der Waals surface area contributed by atoms with Crippen molar-refractivity contribution >= 4 is 28.3 Å². The van der Waals surface area contributed by atoms with Crippen LogP contribution in [0.25, 0.3) is 22.3 Å². The lowest BCUT2D eigenvalue weighted by atomic mass is 10.2. The van der Waals surface area contributed by atoms with E-state index in [1.165, 1.54) is 0 Å². The first-order valence-corrected chi connectivity index (χ1v) is 9.19. The van der Waals surface area contributed by atoms with Crippen molar-refractivity contribution in [1.29, 1.82) is 0 Å². The van der Waals surface area contributed by atoms with E-state index in [4.69, 9.17) is 21.6 Å². The highest BCUT2D eigenvalue weighted by atomic mass is 35.5. The molecule has 0 aliphatic heterocycles. The number of fused-ring (bicyclic) bond motifs is 1. The summed E-state index contributed by atoms with van der Waals surface area (Å²) in [5.74, 6) is 1.58. The summed E-state index contributed by atoms with van der Waals surface area (Å²) < 4.78 is 0. The molecule has 0 fully saturated rings. The maximum absolute atomic E-state index is 6.13. The Morgan fingerprint density at radius 2 is 1.80 bits per heavy atom. The Morgan fingerprint density at radius 3 is 2.56 bits per heavy atom. The molecule has 0 spiro atoms. The Hall–Kier alpha value is -2.17. The van der Waals surface area contributed by atoms with Crippen LogP contribution in [0.2, 0.25) is 5.02 Å². The average molecular weight is 356 g/mol. The fourth-order valence-corrected chi connectivity index (χ4v) is 3.12. The molecule has 1 heterocycles. The van der Waals surface area contributed by atoms with E-state index < -0.39 is 0 Å². The first kappa shape index (κ1) is 17.6. The predicted octanol–water partition coefficient (Wildman–Crippen LogP) is 3.29. The van der Waals surface area contributed by atoms with E-state index in [1.54, 1.807) is 4.90 Å². The van der Waals surface area contributed by atoms with Crippen LogP contribution in [-0.2, 0) is 0 Å². The van der Waals surface area contributed by atoms with Crippen molar-refractivity contribution < 1.29 is 4.90 Å². The molecule has 0 amide bonds. The zero-order chi connectivity index (χ0) is 17.6. The molecule has 0 aliphatic rings. The minimum absolute atomic E-state index is 0.689. The van der Waals surface area contributed by atoms with E-state index >= 15 is 0 Å². The van der Waals surface area contributed by atoms with Gasteiger partial charge in [0.15, 0.2) is 5.82 Å². The monoisotopic (exact) mass is 355 g/mol. The molecule has 0 radical (unpaired) electrons. The Morgan fingerprint density at radius 1 is 1.00 bits per heavy atom. The van der Waals surface area contributed by atoms with E-state index in [9.17, 15) is 0 Å². The number of nitrogens with one attached hydrogen (secondary N) is 2. The number of quaternary nitrogens is 1. The third-order valence-electron chi connectivity index (χ3n) is 4.46. The first-order chi connectivity index (χ1) is 12.2. The Balaban J connectivity index is 1.93. The van der Waals surface area contributed by atoms with Crippen LogP contribution in [0.15, 0.2) is 48.5 Å². The Bertz CT molecular complexity index is 846. The van der Waals surface area contributed by atoms with E-state index in [2.05, 4.69) is 25.2 Å². The summed E-state index contributed by atoms with van der Waals surface area (Å²) in [5, 5.41) is 5.24. The van der Waals surface area contributed by atoms with Crippen molar-refractivity contribution in [3.63, 3.8) is 0 Å². The standard InChI is InChI=1S/C20H23ClN4/c1-3-25(4-2)13-12-22-20-17-10-5-6-11-18(17)23-19(24-20)15-8-7-9-16(21)14-15/h5-11,14H,3-4,12-13H2,1-2H3,(H,22,23,24)/p+1. The van der Waals surface area contributed by atoms with Gasteiger partial charge in [0.25, 0.3) is 0 Å². The highest BCUT2D eigenvalue weighted by Gasteiger charge is 2.10. The van der Waals surface area contributed by atoms with Crippen LogP contribution < -0.4 is 10.2 Å². The van der Waals surface area contributed by atoms with Crippen molar-refractivity contribution in [3.8, 4) is 11.4 Å². The topological polar surface area (TPSA) is 42.2 Å². The molecule has 0 unspecified atom stereocenters. The zero-order valence-corrected chi connectivity index (χ0v) is 15.5. The predicted molar refractivity (Wildman–Crippen MR) is 105 cm³/mol. The molecule has 25 heavy (non-hydrogen) atoms. The van der Waals surface area contributed by atoms with Crippen LogP contribution in [0.3, 0.4) is 0 Å². The molecule has 0 atom stereocenters. The van der Waals surface area contributed by atoms with Gasteiger partial charge in [-0.15, -0.1) is 0 Å². The highest BCUT2D eigenvalue weighted by molar-refractivity contribution is 6.30. The molecule has 130 valence electrons. The number of aromatic nitrogens is 2. The number of hydrogen-bond acceptors (Lipinski definition) is 3. The van der Waals surface area contributed by atoms with Crippen molar-refractivity contribution in [1.82, 2.24) is 9.97 Å². The number of hydrogen-bond donors (Lipinski definition) is 2. The lowest BCUT2D eigenvalue weighted by Gasteiger charge is -2.16. The van der Waals surface area contributed by atoms with Gasteiger partial charge in [-0.2, -0.15) is 0 Å². The van der Waals surface area contributed by atoms with Crippen LogP contribution >= 0.6 is 11.6 Å². The minimum Gasteiger partial charge on any atom is -0.364 e. The third kappa shape index (κ3) is 4.27. The van der Waals surface area contributed by atoms with Crippen LogP contribution in [0.5, 0.6) is 0 Å². The number of anilines is 1. The molecule has 3 rings (SSSR count). The lowest BCUT2D eigenvalue weighted by molar-refractivity contribution is -0.894. The number of nitrogens with zero attached hydrogens (tertiary/aromatic N) is 2. The van der Waals surface area contributed by atoms with Gasteiger partial charge >= 0.3 is 0 Å². The van der Waals surface area contributed by atoms with Gasteiger partial charge in [0.1, 0.15) is 5.82 Å². The largest absolute Gasteiger partial charge is 0.364 e. The van der Waals surface area contributed by atoms with Gasteiger partial charge < -0.3 is 10.2 Å². The number of benzene rings is 2. The Kier molecular flexibility index (Phi) is 5.84. The summed E-state index contributed by atoms with van der Waals surface area (Å²) in [6.07, 6.45) is 0. The summed E-state index contributed by atoms with van der Waals surface area (Å²) >= 11 is 6.13. The quantitative estimate of drug-likeness (QED) is 0.683. The molecule has 0 saturated heterocycles. The highest BCUT2D eigenvalue weighted by Crippen LogP contribution is 2.26. The zero-order valence-electron chi connectivity index (χ0n) is 14.7. The van der Waals surface area contributed by atoms with Gasteiger partial charge in [0, 0.05) is 16.0 Å². The average Bonchev–Trinajstić information content (AvgIpc) is 2.65.